The van der Waals surface area contributed by atoms with Gasteiger partial charge in [0, 0.05) is 24.2 Å². The molecular formula is C41H48N8O6. The van der Waals surface area contributed by atoms with Crippen LogP contribution in [0.5, 0.6) is 0 Å². The van der Waals surface area contributed by atoms with Gasteiger partial charge in [0.25, 0.3) is 0 Å². The van der Waals surface area contributed by atoms with Crippen molar-refractivity contribution in [3.63, 3.8) is 0 Å². The van der Waals surface area contributed by atoms with Gasteiger partial charge in [-0.1, -0.05) is 51.7 Å². The monoisotopic (exact) mass is 748 g/mol. The normalized spacial score (nSPS) is 21.2. The number of H-pyrrole nitrogens is 2. The third-order valence-corrected chi connectivity index (χ3v) is 11.0. The van der Waals surface area contributed by atoms with Crippen molar-refractivity contribution in [3.8, 4) is 23.1 Å². The summed E-state index contributed by atoms with van der Waals surface area (Å²) in [5.74, 6) is 8.28. The number of rotatable bonds is 9. The number of methoxy groups -OCH3 is 2. The van der Waals surface area contributed by atoms with Crippen molar-refractivity contribution >= 4 is 35.0 Å². The Kier molecular flexibility index (Phi) is 10.6. The number of likely N-dealkylation sites (tertiary alicyclic amines) is 2. The lowest BCUT2D eigenvalue weighted by Crippen LogP contribution is -2.51. The molecule has 2 aromatic carbocycles. The standard InChI is InChI=1S/C41H48N8O6/c1-22(2)33(46-40(52)54-5)38(50)48-17-7-8-32(48)36-42-20-31(45-36)26-14-11-24(12-15-26)9-10-25-13-16-29-30(18-25)44-37(43-29)35-28-19-27(28)21-49(35)39(51)34(23(3)4)47-41(53)55-6/h11-16,18,20,22-23,27-28,32-35H,7-8,17,19,21H2,1-6H3,(H,42,45)(H,43,44)(H,46,52)(H,47,53)/t27-,28-,32-,33-,34-,35?/m0/s1. The first-order valence-corrected chi connectivity index (χ1v) is 18.9. The van der Waals surface area contributed by atoms with Gasteiger partial charge in [0.1, 0.15) is 23.7 Å². The fourth-order valence-electron chi connectivity index (χ4n) is 7.89. The van der Waals surface area contributed by atoms with Crippen molar-refractivity contribution in [2.75, 3.05) is 27.3 Å². The van der Waals surface area contributed by atoms with Crippen molar-refractivity contribution in [3.05, 3.63) is 71.4 Å². The number of hydrogen-bond donors (Lipinski definition) is 4. The molecule has 2 aromatic heterocycles. The van der Waals surface area contributed by atoms with Crippen LogP contribution < -0.4 is 10.6 Å². The number of imidazole rings is 2. The third kappa shape index (κ3) is 7.74. The molecule has 3 aliphatic rings. The second-order valence-corrected chi connectivity index (χ2v) is 15.4. The zero-order valence-corrected chi connectivity index (χ0v) is 32.0. The van der Waals surface area contributed by atoms with E-state index in [0.29, 0.717) is 30.7 Å². The molecular weight excluding hydrogens is 701 g/mol. The maximum Gasteiger partial charge on any atom is 0.407 e. The van der Waals surface area contributed by atoms with Crippen LogP contribution in [0.1, 0.15) is 81.8 Å². The highest BCUT2D eigenvalue weighted by atomic mass is 16.5. The molecule has 7 rings (SSSR count). The quantitative estimate of drug-likeness (QED) is 0.167. The molecule has 14 nitrogen and oxygen atoms in total. The molecule has 1 aliphatic carbocycles. The molecule has 6 atom stereocenters. The van der Waals surface area contributed by atoms with Crippen LogP contribution in [0.4, 0.5) is 9.59 Å². The number of nitrogens with zero attached hydrogens (tertiary/aromatic N) is 4. The van der Waals surface area contributed by atoms with Crippen molar-refractivity contribution < 1.29 is 28.7 Å². The molecule has 3 fully saturated rings. The van der Waals surface area contributed by atoms with E-state index in [4.69, 9.17) is 14.5 Å². The van der Waals surface area contributed by atoms with Crippen molar-refractivity contribution in [2.45, 2.75) is 71.1 Å². The lowest BCUT2D eigenvalue weighted by molar-refractivity contribution is -0.136. The van der Waals surface area contributed by atoms with Crippen LogP contribution in [0.15, 0.2) is 48.7 Å². The highest BCUT2D eigenvalue weighted by molar-refractivity contribution is 5.87. The maximum atomic E-state index is 13.7. The number of aromatic nitrogens is 4. The summed E-state index contributed by atoms with van der Waals surface area (Å²) in [5.41, 5.74) is 5.10. The van der Waals surface area contributed by atoms with E-state index >= 15 is 0 Å². The molecule has 1 unspecified atom stereocenters. The largest absolute Gasteiger partial charge is 0.453 e. The van der Waals surface area contributed by atoms with Crippen LogP contribution in [0.3, 0.4) is 0 Å². The minimum atomic E-state index is -0.692. The number of ether oxygens (including phenoxy) is 2. The number of carbonyl (C=O) groups excluding carboxylic acids is 4. The molecule has 288 valence electrons. The highest BCUT2D eigenvalue weighted by Gasteiger charge is 2.56. The third-order valence-electron chi connectivity index (χ3n) is 11.0. The number of fused-ring (bicyclic) bond motifs is 2. The molecule has 14 heteroatoms. The lowest BCUT2D eigenvalue weighted by atomic mass is 10.0. The Morgan fingerprint density at radius 2 is 1.47 bits per heavy atom. The number of carbonyl (C=O) groups is 4. The number of piperidine rings is 1. The minimum absolute atomic E-state index is 0.106. The molecule has 4 heterocycles. The van der Waals surface area contributed by atoms with Gasteiger partial charge in [0.2, 0.25) is 11.8 Å². The predicted molar refractivity (Wildman–Crippen MR) is 204 cm³/mol. The summed E-state index contributed by atoms with van der Waals surface area (Å²) < 4.78 is 9.53. The van der Waals surface area contributed by atoms with E-state index in [1.807, 2.05) is 75.1 Å². The number of amides is 4. The number of benzene rings is 2. The van der Waals surface area contributed by atoms with Gasteiger partial charge < -0.3 is 39.9 Å². The molecule has 4 N–H and O–H groups in total. The van der Waals surface area contributed by atoms with Gasteiger partial charge in [-0.15, -0.1) is 0 Å². The summed E-state index contributed by atoms with van der Waals surface area (Å²) in [6.45, 7) is 8.84. The molecule has 4 aromatic rings. The Balaban J connectivity index is 1.02. The van der Waals surface area contributed by atoms with E-state index in [1.165, 1.54) is 14.2 Å². The second kappa shape index (κ2) is 15.5. The van der Waals surface area contributed by atoms with E-state index < -0.39 is 24.3 Å². The van der Waals surface area contributed by atoms with Gasteiger partial charge in [0.05, 0.1) is 49.2 Å². The van der Waals surface area contributed by atoms with Crippen LogP contribution in [0, 0.1) is 35.5 Å². The lowest BCUT2D eigenvalue weighted by Gasteiger charge is -2.31. The van der Waals surface area contributed by atoms with E-state index in [1.54, 1.807) is 11.1 Å². The summed E-state index contributed by atoms with van der Waals surface area (Å²) >= 11 is 0. The van der Waals surface area contributed by atoms with Crippen LogP contribution in [-0.2, 0) is 19.1 Å². The van der Waals surface area contributed by atoms with Crippen LogP contribution in [0.25, 0.3) is 22.3 Å². The molecule has 2 aliphatic heterocycles. The maximum absolute atomic E-state index is 13.7. The molecule has 1 saturated carbocycles. The zero-order chi connectivity index (χ0) is 39.0. The van der Waals surface area contributed by atoms with Gasteiger partial charge in [-0.25, -0.2) is 19.6 Å². The summed E-state index contributed by atoms with van der Waals surface area (Å²) in [7, 11) is 2.58. The Labute approximate surface area is 320 Å². The number of hydrogen-bond acceptors (Lipinski definition) is 8. The predicted octanol–water partition coefficient (Wildman–Crippen LogP) is 5.30. The van der Waals surface area contributed by atoms with E-state index in [9.17, 15) is 19.2 Å². The van der Waals surface area contributed by atoms with Gasteiger partial charge in [0.15, 0.2) is 0 Å². The summed E-state index contributed by atoms with van der Waals surface area (Å²) in [4.78, 5) is 71.3. The highest BCUT2D eigenvalue weighted by Crippen LogP contribution is 2.56. The van der Waals surface area contributed by atoms with Crippen LogP contribution >= 0.6 is 0 Å². The molecule has 0 radical (unpaired) electrons. The van der Waals surface area contributed by atoms with Gasteiger partial charge >= 0.3 is 12.2 Å². The molecule has 0 spiro atoms. The Bertz CT molecular complexity index is 2150. The number of alkyl carbamates (subject to hydrolysis) is 2. The molecule has 55 heavy (non-hydrogen) atoms. The average molecular weight is 749 g/mol. The van der Waals surface area contributed by atoms with Crippen molar-refractivity contribution in [1.82, 2.24) is 40.4 Å². The van der Waals surface area contributed by atoms with E-state index in [-0.39, 0.29) is 35.7 Å². The minimum Gasteiger partial charge on any atom is -0.453 e. The van der Waals surface area contributed by atoms with E-state index in [0.717, 1.165) is 58.5 Å². The Hall–Kier alpha value is -5.84. The van der Waals surface area contributed by atoms with Gasteiger partial charge in [-0.2, -0.15) is 0 Å². The van der Waals surface area contributed by atoms with Crippen LogP contribution in [0.2, 0.25) is 0 Å². The topological polar surface area (TPSA) is 175 Å². The molecule has 4 amide bonds. The van der Waals surface area contributed by atoms with E-state index in [2.05, 4.69) is 37.4 Å². The van der Waals surface area contributed by atoms with Crippen molar-refractivity contribution in [1.29, 1.82) is 0 Å². The summed E-state index contributed by atoms with van der Waals surface area (Å²) in [5, 5.41) is 5.40. The van der Waals surface area contributed by atoms with Crippen molar-refractivity contribution in [2.24, 2.45) is 23.7 Å². The van der Waals surface area contributed by atoms with Crippen LogP contribution in [-0.4, -0.2) is 93.1 Å². The molecule has 0 bridgehead atoms. The Morgan fingerprint density at radius 3 is 2.13 bits per heavy atom. The number of aromatic amines is 2. The first kappa shape index (κ1) is 37.5. The first-order chi connectivity index (χ1) is 26.4. The SMILES string of the molecule is COC(=O)N[C@H](C(=O)N1C[C@@H]2C[C@@H]2C1c1nc2ccc(C#Cc3ccc(-c4cnc([C@@H]5CCCN5C(=O)[C@@H](NC(=O)OC)C(C)C)[nH]4)cc3)cc2[nH]1)C(C)C. The smallest absolute Gasteiger partial charge is 0.407 e. The fraction of sp³-hybridized carbons (Fsp3) is 0.463. The van der Waals surface area contributed by atoms with Gasteiger partial charge in [-0.3, -0.25) is 9.59 Å². The van der Waals surface area contributed by atoms with Gasteiger partial charge in [-0.05, 0) is 78.8 Å². The average Bonchev–Trinajstić information content (AvgIpc) is 3.68. The summed E-state index contributed by atoms with van der Waals surface area (Å²) in [6, 6.07) is 12.0. The Morgan fingerprint density at radius 1 is 0.836 bits per heavy atom. The molecule has 2 saturated heterocycles. The first-order valence-electron chi connectivity index (χ1n) is 18.9. The fourth-order valence-corrected chi connectivity index (χ4v) is 7.89. The second-order valence-electron chi connectivity index (χ2n) is 15.4. The summed E-state index contributed by atoms with van der Waals surface area (Å²) in [6.07, 6.45) is 3.20. The number of nitrogens with one attached hydrogen (secondary N) is 4. The zero-order valence-electron chi connectivity index (χ0n) is 32.0.